The standard InChI is InChI=1S/C13H18O2/c1-9(2)7-13(3)8-10-11(14)5-4-6-12(10)15-13/h7H,4-6,8H2,1-3H3. The Hall–Kier alpha value is -1.05. The zero-order valence-electron chi connectivity index (χ0n) is 9.72. The van der Waals surface area contributed by atoms with Crippen LogP contribution in [0.15, 0.2) is 23.0 Å². The normalized spacial score (nSPS) is 29.9. The van der Waals surface area contributed by atoms with E-state index in [0.29, 0.717) is 12.2 Å². The molecule has 1 aliphatic heterocycles. The first-order valence-electron chi connectivity index (χ1n) is 5.60. The third kappa shape index (κ3) is 1.99. The minimum atomic E-state index is -0.274. The minimum absolute atomic E-state index is 0.274. The molecule has 0 saturated heterocycles. The second-order valence-corrected chi connectivity index (χ2v) is 4.99. The molecule has 0 N–H and O–H groups in total. The molecular weight excluding hydrogens is 188 g/mol. The molecule has 82 valence electrons. The molecule has 0 radical (unpaired) electrons. The van der Waals surface area contributed by atoms with Crippen molar-refractivity contribution < 1.29 is 9.53 Å². The topological polar surface area (TPSA) is 26.3 Å². The number of ketones is 1. The smallest absolute Gasteiger partial charge is 0.162 e. The molecule has 1 heterocycles. The van der Waals surface area contributed by atoms with E-state index in [-0.39, 0.29) is 5.60 Å². The molecule has 0 aromatic rings. The highest BCUT2D eigenvalue weighted by molar-refractivity contribution is 5.97. The fraction of sp³-hybridized carbons (Fsp3) is 0.615. The van der Waals surface area contributed by atoms with Crippen LogP contribution in [0, 0.1) is 0 Å². The van der Waals surface area contributed by atoms with E-state index in [9.17, 15) is 4.79 Å². The maximum absolute atomic E-state index is 11.7. The van der Waals surface area contributed by atoms with Crippen molar-refractivity contribution in [2.75, 3.05) is 0 Å². The van der Waals surface area contributed by atoms with E-state index in [0.717, 1.165) is 30.6 Å². The highest BCUT2D eigenvalue weighted by atomic mass is 16.5. The zero-order chi connectivity index (χ0) is 11.1. The highest BCUT2D eigenvalue weighted by Gasteiger charge is 2.38. The van der Waals surface area contributed by atoms with E-state index in [2.05, 4.69) is 26.8 Å². The molecule has 2 aliphatic rings. The van der Waals surface area contributed by atoms with Gasteiger partial charge in [0.25, 0.3) is 0 Å². The molecule has 2 nitrogen and oxygen atoms in total. The fourth-order valence-corrected chi connectivity index (χ4v) is 2.54. The van der Waals surface area contributed by atoms with Gasteiger partial charge in [-0.2, -0.15) is 0 Å². The molecule has 1 atom stereocenters. The molecule has 0 amide bonds. The van der Waals surface area contributed by atoms with Crippen LogP contribution >= 0.6 is 0 Å². The first-order chi connectivity index (χ1) is 7.00. The minimum Gasteiger partial charge on any atom is -0.487 e. The van der Waals surface area contributed by atoms with Crippen LogP contribution in [0.3, 0.4) is 0 Å². The molecule has 0 aromatic heterocycles. The molecular formula is C13H18O2. The summed E-state index contributed by atoms with van der Waals surface area (Å²) in [5.74, 6) is 1.24. The Labute approximate surface area is 91.0 Å². The van der Waals surface area contributed by atoms with Crippen molar-refractivity contribution in [3.8, 4) is 0 Å². The summed E-state index contributed by atoms with van der Waals surface area (Å²) in [5, 5.41) is 0. The first-order valence-corrected chi connectivity index (χ1v) is 5.60. The van der Waals surface area contributed by atoms with Gasteiger partial charge in [0, 0.05) is 24.8 Å². The van der Waals surface area contributed by atoms with Gasteiger partial charge in [-0.25, -0.2) is 0 Å². The second kappa shape index (κ2) is 3.51. The van der Waals surface area contributed by atoms with Gasteiger partial charge in [-0.05, 0) is 33.3 Å². The van der Waals surface area contributed by atoms with Gasteiger partial charge in [0.2, 0.25) is 0 Å². The van der Waals surface area contributed by atoms with Crippen LogP contribution in [0.2, 0.25) is 0 Å². The average molecular weight is 206 g/mol. The molecule has 2 rings (SSSR count). The monoisotopic (exact) mass is 206 g/mol. The highest BCUT2D eigenvalue weighted by Crippen LogP contribution is 2.40. The number of Topliss-reactive ketones (excluding diaryl/α,β-unsaturated/α-hetero) is 1. The average Bonchev–Trinajstić information content (AvgIpc) is 2.41. The van der Waals surface area contributed by atoms with Crippen LogP contribution in [0.1, 0.15) is 46.5 Å². The summed E-state index contributed by atoms with van der Waals surface area (Å²) in [4.78, 5) is 11.7. The number of carbonyl (C=O) groups is 1. The summed E-state index contributed by atoms with van der Waals surface area (Å²) in [6, 6.07) is 0. The summed E-state index contributed by atoms with van der Waals surface area (Å²) in [5.41, 5.74) is 1.91. The summed E-state index contributed by atoms with van der Waals surface area (Å²) >= 11 is 0. The number of carbonyl (C=O) groups excluding carboxylic acids is 1. The van der Waals surface area contributed by atoms with Gasteiger partial charge in [0.1, 0.15) is 11.4 Å². The van der Waals surface area contributed by atoms with Gasteiger partial charge >= 0.3 is 0 Å². The lowest BCUT2D eigenvalue weighted by atomic mass is 9.90. The van der Waals surface area contributed by atoms with E-state index >= 15 is 0 Å². The maximum atomic E-state index is 11.7. The van der Waals surface area contributed by atoms with E-state index < -0.39 is 0 Å². The number of allylic oxidation sites excluding steroid dienone is 2. The van der Waals surface area contributed by atoms with Crippen molar-refractivity contribution in [2.45, 2.75) is 52.1 Å². The Bertz CT molecular complexity index is 359. The summed E-state index contributed by atoms with van der Waals surface area (Å²) in [6.07, 6.45) is 5.47. The molecule has 0 aromatic carbocycles. The van der Waals surface area contributed by atoms with Gasteiger partial charge in [0.05, 0.1) is 0 Å². The van der Waals surface area contributed by atoms with Crippen molar-refractivity contribution in [1.82, 2.24) is 0 Å². The van der Waals surface area contributed by atoms with Crippen molar-refractivity contribution in [3.05, 3.63) is 23.0 Å². The fourth-order valence-electron chi connectivity index (χ4n) is 2.54. The lowest BCUT2D eigenvalue weighted by Gasteiger charge is -2.22. The molecule has 2 heteroatoms. The largest absolute Gasteiger partial charge is 0.487 e. The van der Waals surface area contributed by atoms with Gasteiger partial charge < -0.3 is 4.74 Å². The number of rotatable bonds is 1. The SMILES string of the molecule is CC(C)=CC1(C)CC2=C(CCCC2=O)O1. The predicted octanol–water partition coefficient (Wildman–Crippen LogP) is 3.14. The van der Waals surface area contributed by atoms with Crippen LogP contribution in [0.25, 0.3) is 0 Å². The molecule has 15 heavy (non-hydrogen) atoms. The Kier molecular flexibility index (Phi) is 2.45. The van der Waals surface area contributed by atoms with E-state index in [1.165, 1.54) is 5.57 Å². The number of hydrogen-bond donors (Lipinski definition) is 0. The van der Waals surface area contributed by atoms with Crippen LogP contribution in [0.4, 0.5) is 0 Å². The predicted molar refractivity (Wildman–Crippen MR) is 59.4 cm³/mol. The molecule has 0 fully saturated rings. The lowest BCUT2D eigenvalue weighted by molar-refractivity contribution is -0.116. The molecule has 0 bridgehead atoms. The summed E-state index contributed by atoms with van der Waals surface area (Å²) < 4.78 is 5.92. The first kappa shape index (κ1) is 10.5. The van der Waals surface area contributed by atoms with Gasteiger partial charge in [-0.15, -0.1) is 0 Å². The second-order valence-electron chi connectivity index (χ2n) is 4.99. The molecule has 0 spiro atoms. The van der Waals surface area contributed by atoms with Crippen molar-refractivity contribution in [2.24, 2.45) is 0 Å². The molecule has 1 aliphatic carbocycles. The van der Waals surface area contributed by atoms with E-state index in [1.807, 2.05) is 0 Å². The third-order valence-electron chi connectivity index (χ3n) is 2.96. The van der Waals surface area contributed by atoms with Crippen LogP contribution in [-0.4, -0.2) is 11.4 Å². The lowest BCUT2D eigenvalue weighted by Crippen LogP contribution is -2.21. The van der Waals surface area contributed by atoms with Gasteiger partial charge in [0.15, 0.2) is 5.78 Å². The quantitative estimate of drug-likeness (QED) is 0.616. The van der Waals surface area contributed by atoms with E-state index in [4.69, 9.17) is 4.74 Å². The number of hydrogen-bond acceptors (Lipinski definition) is 2. The molecule has 1 unspecified atom stereocenters. The Morgan fingerprint density at radius 2 is 2.13 bits per heavy atom. The van der Waals surface area contributed by atoms with Crippen LogP contribution in [0.5, 0.6) is 0 Å². The van der Waals surface area contributed by atoms with Crippen LogP contribution in [-0.2, 0) is 9.53 Å². The Balaban J connectivity index is 2.22. The van der Waals surface area contributed by atoms with Crippen LogP contribution < -0.4 is 0 Å². The zero-order valence-corrected chi connectivity index (χ0v) is 9.72. The van der Waals surface area contributed by atoms with Crippen molar-refractivity contribution in [3.63, 3.8) is 0 Å². The third-order valence-corrected chi connectivity index (χ3v) is 2.96. The van der Waals surface area contributed by atoms with Crippen molar-refractivity contribution in [1.29, 1.82) is 0 Å². The summed E-state index contributed by atoms with van der Waals surface area (Å²) in [6.45, 7) is 6.19. The maximum Gasteiger partial charge on any atom is 0.162 e. The Morgan fingerprint density at radius 3 is 2.73 bits per heavy atom. The van der Waals surface area contributed by atoms with Gasteiger partial charge in [-0.1, -0.05) is 5.57 Å². The Morgan fingerprint density at radius 1 is 1.40 bits per heavy atom. The van der Waals surface area contributed by atoms with E-state index in [1.54, 1.807) is 0 Å². The number of ether oxygens (including phenoxy) is 1. The van der Waals surface area contributed by atoms with Gasteiger partial charge in [-0.3, -0.25) is 4.79 Å². The van der Waals surface area contributed by atoms with Crippen molar-refractivity contribution >= 4 is 5.78 Å². The summed E-state index contributed by atoms with van der Waals surface area (Å²) in [7, 11) is 0. The molecule has 0 saturated carbocycles.